The first-order valence-electron chi connectivity index (χ1n) is 8.53. The second-order valence-corrected chi connectivity index (χ2v) is 6.63. The molecule has 1 atom stereocenters. The molecule has 0 N–H and O–H groups in total. The standard InChI is InChI=1S/C16H25ClN4O2/c1-2-21-15(14(17)11-18-21)16(22)20-6-4-3-5-13(20)12-19-7-9-23-10-8-19/h11,13H,2-10,12H2,1H3/t13-/m1/s1. The van der Waals surface area contributed by atoms with Crippen LogP contribution in [0, 0.1) is 0 Å². The molecule has 7 heteroatoms. The van der Waals surface area contributed by atoms with Gasteiger partial charge in [0.1, 0.15) is 5.69 Å². The van der Waals surface area contributed by atoms with Gasteiger partial charge in [0.05, 0.1) is 24.4 Å². The molecule has 1 aromatic heterocycles. The maximum atomic E-state index is 13.1. The zero-order valence-electron chi connectivity index (χ0n) is 13.7. The van der Waals surface area contributed by atoms with Crippen molar-refractivity contribution in [3.8, 4) is 0 Å². The Morgan fingerprint density at radius 2 is 2.13 bits per heavy atom. The molecular weight excluding hydrogens is 316 g/mol. The summed E-state index contributed by atoms with van der Waals surface area (Å²) in [6.45, 7) is 7.83. The fraction of sp³-hybridized carbons (Fsp3) is 0.750. The van der Waals surface area contributed by atoms with Gasteiger partial charge in [0.25, 0.3) is 5.91 Å². The zero-order valence-corrected chi connectivity index (χ0v) is 14.5. The summed E-state index contributed by atoms with van der Waals surface area (Å²) in [5, 5.41) is 4.65. The predicted molar refractivity (Wildman–Crippen MR) is 88.8 cm³/mol. The van der Waals surface area contributed by atoms with E-state index < -0.39 is 0 Å². The van der Waals surface area contributed by atoms with E-state index >= 15 is 0 Å². The van der Waals surface area contributed by atoms with Gasteiger partial charge in [-0.1, -0.05) is 11.6 Å². The Hall–Kier alpha value is -1.11. The van der Waals surface area contributed by atoms with E-state index in [1.807, 2.05) is 11.8 Å². The molecule has 3 heterocycles. The smallest absolute Gasteiger partial charge is 0.273 e. The van der Waals surface area contributed by atoms with Crippen molar-refractivity contribution in [3.05, 3.63) is 16.9 Å². The largest absolute Gasteiger partial charge is 0.379 e. The summed E-state index contributed by atoms with van der Waals surface area (Å²) in [6.07, 6.45) is 4.86. The van der Waals surface area contributed by atoms with Crippen LogP contribution in [0.15, 0.2) is 6.20 Å². The van der Waals surface area contributed by atoms with E-state index in [9.17, 15) is 4.79 Å². The highest BCUT2D eigenvalue weighted by Crippen LogP contribution is 2.24. The van der Waals surface area contributed by atoms with Gasteiger partial charge < -0.3 is 9.64 Å². The second-order valence-electron chi connectivity index (χ2n) is 6.22. The van der Waals surface area contributed by atoms with Gasteiger partial charge in [-0.3, -0.25) is 14.4 Å². The highest BCUT2D eigenvalue weighted by Gasteiger charge is 2.32. The van der Waals surface area contributed by atoms with E-state index in [0.717, 1.165) is 52.2 Å². The summed E-state index contributed by atoms with van der Waals surface area (Å²) in [5.41, 5.74) is 0.531. The van der Waals surface area contributed by atoms with Crippen LogP contribution in [0.2, 0.25) is 5.02 Å². The van der Waals surface area contributed by atoms with Crippen LogP contribution in [0.3, 0.4) is 0 Å². The van der Waals surface area contributed by atoms with Gasteiger partial charge in [-0.25, -0.2) is 0 Å². The maximum absolute atomic E-state index is 13.1. The van der Waals surface area contributed by atoms with Crippen molar-refractivity contribution in [2.45, 2.75) is 38.8 Å². The molecule has 6 nitrogen and oxygen atoms in total. The molecule has 3 rings (SSSR count). The first-order valence-corrected chi connectivity index (χ1v) is 8.91. The van der Waals surface area contributed by atoms with Crippen LogP contribution in [0.4, 0.5) is 0 Å². The topological polar surface area (TPSA) is 50.6 Å². The highest BCUT2D eigenvalue weighted by molar-refractivity contribution is 6.33. The molecule has 0 radical (unpaired) electrons. The molecule has 0 aromatic carbocycles. The molecular formula is C16H25ClN4O2. The van der Waals surface area contributed by atoms with Crippen molar-refractivity contribution in [2.24, 2.45) is 0 Å². The first-order chi connectivity index (χ1) is 11.2. The number of morpholine rings is 1. The zero-order chi connectivity index (χ0) is 16.2. The molecule has 1 amide bonds. The number of hydrogen-bond acceptors (Lipinski definition) is 4. The van der Waals surface area contributed by atoms with Gasteiger partial charge in [-0.15, -0.1) is 0 Å². The lowest BCUT2D eigenvalue weighted by Gasteiger charge is -2.39. The summed E-state index contributed by atoms with van der Waals surface area (Å²) >= 11 is 6.22. The monoisotopic (exact) mass is 340 g/mol. The van der Waals surface area contributed by atoms with E-state index in [0.29, 0.717) is 17.3 Å². The maximum Gasteiger partial charge on any atom is 0.273 e. The average Bonchev–Trinajstić information content (AvgIpc) is 2.96. The Balaban J connectivity index is 1.74. The van der Waals surface area contributed by atoms with Crippen LogP contribution in [0.25, 0.3) is 0 Å². The molecule has 2 aliphatic heterocycles. The Kier molecular flexibility index (Phi) is 5.56. The number of hydrogen-bond donors (Lipinski definition) is 0. The van der Waals surface area contributed by atoms with E-state index in [4.69, 9.17) is 16.3 Å². The summed E-state index contributed by atoms with van der Waals surface area (Å²) in [5.74, 6) is 0.0207. The lowest BCUT2D eigenvalue weighted by Crippen LogP contribution is -2.51. The van der Waals surface area contributed by atoms with Crippen molar-refractivity contribution in [1.29, 1.82) is 0 Å². The third-order valence-electron chi connectivity index (χ3n) is 4.76. The molecule has 2 saturated heterocycles. The second kappa shape index (κ2) is 7.64. The third kappa shape index (κ3) is 3.70. The number of aromatic nitrogens is 2. The predicted octanol–water partition coefficient (Wildman–Crippen LogP) is 1.88. The fourth-order valence-corrected chi connectivity index (χ4v) is 3.71. The van der Waals surface area contributed by atoms with Crippen LogP contribution in [-0.4, -0.2) is 70.9 Å². The number of aryl methyl sites for hydroxylation is 1. The molecule has 1 aromatic rings. The molecule has 23 heavy (non-hydrogen) atoms. The van der Waals surface area contributed by atoms with E-state index in [1.54, 1.807) is 10.9 Å². The van der Waals surface area contributed by atoms with Gasteiger partial charge in [-0.05, 0) is 26.2 Å². The van der Waals surface area contributed by atoms with Gasteiger partial charge in [0.15, 0.2) is 0 Å². The molecule has 128 valence electrons. The van der Waals surface area contributed by atoms with Crippen LogP contribution < -0.4 is 0 Å². The molecule has 2 fully saturated rings. The first kappa shape index (κ1) is 16.7. The molecule has 0 saturated carbocycles. The Bertz CT molecular complexity index is 542. The van der Waals surface area contributed by atoms with Crippen molar-refractivity contribution in [1.82, 2.24) is 19.6 Å². The summed E-state index contributed by atoms with van der Waals surface area (Å²) in [6, 6.07) is 0.255. The number of rotatable bonds is 4. The summed E-state index contributed by atoms with van der Waals surface area (Å²) in [4.78, 5) is 17.5. The quantitative estimate of drug-likeness (QED) is 0.839. The lowest BCUT2D eigenvalue weighted by atomic mass is 10.0. The van der Waals surface area contributed by atoms with Gasteiger partial charge in [0, 0.05) is 38.8 Å². The summed E-state index contributed by atoms with van der Waals surface area (Å²) < 4.78 is 7.12. The average molecular weight is 341 g/mol. The number of piperidine rings is 1. The van der Waals surface area contributed by atoms with Crippen LogP contribution in [0.5, 0.6) is 0 Å². The van der Waals surface area contributed by atoms with Crippen molar-refractivity contribution in [3.63, 3.8) is 0 Å². The molecule has 0 unspecified atom stereocenters. The Labute approximate surface area is 142 Å². The van der Waals surface area contributed by atoms with Gasteiger partial charge in [0.2, 0.25) is 0 Å². The van der Waals surface area contributed by atoms with Crippen LogP contribution in [0.1, 0.15) is 36.7 Å². The number of carbonyl (C=O) groups excluding carboxylic acids is 1. The minimum Gasteiger partial charge on any atom is -0.379 e. The number of nitrogens with zero attached hydrogens (tertiary/aromatic N) is 4. The normalized spacial score (nSPS) is 23.2. The number of amides is 1. The van der Waals surface area contributed by atoms with Gasteiger partial charge in [-0.2, -0.15) is 5.10 Å². The van der Waals surface area contributed by atoms with Crippen LogP contribution >= 0.6 is 11.6 Å². The fourth-order valence-electron chi connectivity index (χ4n) is 3.49. The molecule has 0 spiro atoms. The molecule has 0 aliphatic carbocycles. The van der Waals surface area contributed by atoms with E-state index in [-0.39, 0.29) is 11.9 Å². The van der Waals surface area contributed by atoms with Crippen molar-refractivity contribution < 1.29 is 9.53 Å². The van der Waals surface area contributed by atoms with Crippen molar-refractivity contribution in [2.75, 3.05) is 39.4 Å². The number of likely N-dealkylation sites (tertiary alicyclic amines) is 1. The third-order valence-corrected chi connectivity index (χ3v) is 5.03. The molecule has 2 aliphatic rings. The van der Waals surface area contributed by atoms with Crippen molar-refractivity contribution >= 4 is 17.5 Å². The minimum atomic E-state index is 0.0207. The van der Waals surface area contributed by atoms with Gasteiger partial charge >= 0.3 is 0 Å². The van der Waals surface area contributed by atoms with E-state index in [1.165, 1.54) is 6.42 Å². The summed E-state index contributed by atoms with van der Waals surface area (Å²) in [7, 11) is 0. The van der Waals surface area contributed by atoms with Crippen LogP contribution in [-0.2, 0) is 11.3 Å². The lowest BCUT2D eigenvalue weighted by molar-refractivity contribution is 0.0163. The SMILES string of the molecule is CCn1ncc(Cl)c1C(=O)N1CCCC[C@@H]1CN1CCOCC1. The van der Waals surface area contributed by atoms with E-state index in [2.05, 4.69) is 10.00 Å². The number of carbonyl (C=O) groups is 1. The highest BCUT2D eigenvalue weighted by atomic mass is 35.5. The number of ether oxygens (including phenoxy) is 1. The molecule has 0 bridgehead atoms. The Morgan fingerprint density at radius 3 is 2.87 bits per heavy atom. The minimum absolute atomic E-state index is 0.0207. The number of halogens is 1. The Morgan fingerprint density at radius 1 is 1.35 bits per heavy atom.